The largest absolute Gasteiger partial charge is 0.490 e. The molecule has 1 atom stereocenters. The lowest BCUT2D eigenvalue weighted by Gasteiger charge is -2.47. The van der Waals surface area contributed by atoms with Crippen LogP contribution in [0.5, 0.6) is 5.75 Å². The average Bonchev–Trinajstić information content (AvgIpc) is 3.40. The molecule has 0 unspecified atom stereocenters. The Bertz CT molecular complexity index is 1240. The SMILES string of the molecule is NC(=O)[C@@H]1CCCN1C(=O)c1ccccc1-c1ccc(OCC2CCN(CC3(C(F)(F)F)CCC3)CC2)c(F)c1. The van der Waals surface area contributed by atoms with Gasteiger partial charge in [-0.15, -0.1) is 0 Å². The van der Waals surface area contributed by atoms with Gasteiger partial charge in [0.2, 0.25) is 5.91 Å². The number of rotatable bonds is 8. The molecule has 0 aromatic heterocycles. The first-order valence-electron chi connectivity index (χ1n) is 14.0. The number of primary amides is 1. The molecule has 2 aromatic carbocycles. The molecular formula is C30H35F4N3O3. The van der Waals surface area contributed by atoms with E-state index in [2.05, 4.69) is 0 Å². The van der Waals surface area contributed by atoms with Crippen molar-refractivity contribution < 1.29 is 31.9 Å². The summed E-state index contributed by atoms with van der Waals surface area (Å²) in [6.45, 7) is 1.93. The zero-order valence-corrected chi connectivity index (χ0v) is 22.4. The van der Waals surface area contributed by atoms with E-state index >= 15 is 4.39 Å². The van der Waals surface area contributed by atoms with Gasteiger partial charge >= 0.3 is 6.18 Å². The summed E-state index contributed by atoms with van der Waals surface area (Å²) in [6.07, 6.45) is -0.503. The third-order valence-corrected chi connectivity index (χ3v) is 8.86. The number of nitrogens with two attached hydrogens (primary N) is 1. The Kier molecular flexibility index (Phi) is 8.08. The number of nitrogens with zero attached hydrogens (tertiary/aromatic N) is 2. The Hall–Kier alpha value is -3.14. The molecule has 2 saturated heterocycles. The normalized spacial score (nSPS) is 21.7. The van der Waals surface area contributed by atoms with Gasteiger partial charge in [0.25, 0.3) is 5.91 Å². The number of hydrogen-bond acceptors (Lipinski definition) is 4. The number of hydrogen-bond donors (Lipinski definition) is 1. The Labute approximate surface area is 231 Å². The van der Waals surface area contributed by atoms with Gasteiger partial charge in [0.05, 0.1) is 12.0 Å². The highest BCUT2D eigenvalue weighted by molar-refractivity contribution is 6.03. The van der Waals surface area contributed by atoms with E-state index < -0.39 is 29.4 Å². The maximum Gasteiger partial charge on any atom is 0.395 e. The smallest absolute Gasteiger partial charge is 0.395 e. The zero-order valence-electron chi connectivity index (χ0n) is 22.4. The van der Waals surface area contributed by atoms with Crippen molar-refractivity contribution in [1.29, 1.82) is 0 Å². The highest BCUT2D eigenvalue weighted by Crippen LogP contribution is 2.53. The van der Waals surface area contributed by atoms with Gasteiger partial charge in [0.1, 0.15) is 6.04 Å². The maximum absolute atomic E-state index is 15.1. The summed E-state index contributed by atoms with van der Waals surface area (Å²) in [7, 11) is 0. The number of likely N-dealkylation sites (tertiary alicyclic amines) is 2. The first-order valence-corrected chi connectivity index (χ1v) is 14.0. The fourth-order valence-corrected chi connectivity index (χ4v) is 6.25. The van der Waals surface area contributed by atoms with E-state index in [1.807, 2.05) is 4.90 Å². The minimum atomic E-state index is -4.16. The summed E-state index contributed by atoms with van der Waals surface area (Å²) in [5.74, 6) is -1.19. The van der Waals surface area contributed by atoms with Crippen molar-refractivity contribution in [2.24, 2.45) is 17.1 Å². The predicted octanol–water partition coefficient (Wildman–Crippen LogP) is 5.41. The Morgan fingerprint density at radius 3 is 2.35 bits per heavy atom. The van der Waals surface area contributed by atoms with Crippen molar-refractivity contribution >= 4 is 11.8 Å². The third-order valence-electron chi connectivity index (χ3n) is 8.86. The predicted molar refractivity (Wildman–Crippen MR) is 142 cm³/mol. The molecule has 2 heterocycles. The number of piperidine rings is 1. The van der Waals surface area contributed by atoms with Crippen molar-refractivity contribution in [3.63, 3.8) is 0 Å². The Morgan fingerprint density at radius 1 is 1.00 bits per heavy atom. The number of carbonyl (C=O) groups excluding carboxylic acids is 2. The molecule has 40 heavy (non-hydrogen) atoms. The molecule has 2 amide bonds. The van der Waals surface area contributed by atoms with Gasteiger partial charge < -0.3 is 20.3 Å². The summed E-state index contributed by atoms with van der Waals surface area (Å²) in [5.41, 5.74) is 5.35. The lowest BCUT2D eigenvalue weighted by atomic mass is 9.67. The van der Waals surface area contributed by atoms with Crippen LogP contribution >= 0.6 is 0 Å². The molecule has 2 aliphatic heterocycles. The van der Waals surface area contributed by atoms with Gasteiger partial charge in [0.15, 0.2) is 11.6 Å². The van der Waals surface area contributed by atoms with E-state index in [4.69, 9.17) is 10.5 Å². The van der Waals surface area contributed by atoms with Crippen molar-refractivity contribution in [1.82, 2.24) is 9.80 Å². The first-order chi connectivity index (χ1) is 19.1. The van der Waals surface area contributed by atoms with Gasteiger partial charge in [-0.1, -0.05) is 30.7 Å². The maximum atomic E-state index is 15.1. The molecule has 1 saturated carbocycles. The molecule has 216 valence electrons. The van der Waals surface area contributed by atoms with Crippen LogP contribution in [0.25, 0.3) is 11.1 Å². The van der Waals surface area contributed by atoms with Gasteiger partial charge in [-0.2, -0.15) is 13.2 Å². The fraction of sp³-hybridized carbons (Fsp3) is 0.533. The van der Waals surface area contributed by atoms with Crippen molar-refractivity contribution in [2.75, 3.05) is 32.8 Å². The van der Waals surface area contributed by atoms with E-state index in [-0.39, 0.29) is 43.6 Å². The molecule has 0 bridgehead atoms. The summed E-state index contributed by atoms with van der Waals surface area (Å²) >= 11 is 0. The summed E-state index contributed by atoms with van der Waals surface area (Å²) in [6, 6.07) is 10.8. The topological polar surface area (TPSA) is 75.9 Å². The van der Waals surface area contributed by atoms with Crippen LogP contribution in [-0.2, 0) is 4.79 Å². The molecule has 6 nitrogen and oxygen atoms in total. The van der Waals surface area contributed by atoms with Crippen LogP contribution < -0.4 is 10.5 Å². The summed E-state index contributed by atoms with van der Waals surface area (Å²) in [4.78, 5) is 28.5. The second-order valence-electron chi connectivity index (χ2n) is 11.4. The van der Waals surface area contributed by atoms with E-state index in [0.717, 1.165) is 0 Å². The number of alkyl halides is 3. The fourth-order valence-electron chi connectivity index (χ4n) is 6.25. The molecule has 2 N–H and O–H groups in total. The first kappa shape index (κ1) is 28.4. The van der Waals surface area contributed by atoms with Crippen LogP contribution in [0.1, 0.15) is 55.3 Å². The zero-order chi connectivity index (χ0) is 28.5. The standard InChI is InChI=1S/C30H35F4N3O3/c31-24-17-21(22-5-1-2-6-23(22)28(39)37-14-3-7-25(37)27(35)38)8-9-26(24)40-18-20-10-15-36(16-11-20)19-29(12-4-13-29)30(32,33)34/h1-2,5-6,8-9,17,20,25H,3-4,7,10-16,18-19H2,(H2,35,38)/t25-/m0/s1. The number of benzene rings is 2. The lowest BCUT2D eigenvalue weighted by molar-refractivity contribution is -0.256. The van der Waals surface area contributed by atoms with Crippen molar-refractivity contribution in [2.45, 2.75) is 57.2 Å². The van der Waals surface area contributed by atoms with Crippen LogP contribution in [-0.4, -0.2) is 66.6 Å². The van der Waals surface area contributed by atoms with E-state index in [1.54, 1.807) is 30.3 Å². The van der Waals surface area contributed by atoms with Crippen LogP contribution in [0.2, 0.25) is 0 Å². The summed E-state index contributed by atoms with van der Waals surface area (Å²) < 4.78 is 61.5. The molecule has 3 fully saturated rings. The van der Waals surface area contributed by atoms with Gasteiger partial charge in [-0.3, -0.25) is 9.59 Å². The molecule has 0 spiro atoms. The molecule has 3 aliphatic rings. The van der Waals surface area contributed by atoms with Crippen LogP contribution in [0.4, 0.5) is 17.6 Å². The molecule has 1 aliphatic carbocycles. The Balaban J connectivity index is 1.19. The van der Waals surface area contributed by atoms with Gasteiger partial charge in [-0.25, -0.2) is 4.39 Å². The highest BCUT2D eigenvalue weighted by atomic mass is 19.4. The second kappa shape index (κ2) is 11.4. The van der Waals surface area contributed by atoms with E-state index in [1.165, 1.54) is 17.0 Å². The van der Waals surface area contributed by atoms with E-state index in [9.17, 15) is 22.8 Å². The van der Waals surface area contributed by atoms with Crippen molar-refractivity contribution in [3.05, 3.63) is 53.8 Å². The summed E-state index contributed by atoms with van der Waals surface area (Å²) in [5, 5.41) is 0. The third kappa shape index (κ3) is 5.68. The molecule has 0 radical (unpaired) electrons. The minimum Gasteiger partial charge on any atom is -0.490 e. The monoisotopic (exact) mass is 561 g/mol. The minimum absolute atomic E-state index is 0.0606. The number of carbonyl (C=O) groups is 2. The van der Waals surface area contributed by atoms with Crippen LogP contribution in [0.15, 0.2) is 42.5 Å². The molecule has 5 rings (SSSR count). The van der Waals surface area contributed by atoms with E-state index in [0.29, 0.717) is 68.4 Å². The number of ether oxygens (including phenoxy) is 1. The lowest BCUT2D eigenvalue weighted by Crippen LogP contribution is -2.53. The van der Waals surface area contributed by atoms with Gasteiger partial charge in [-0.05, 0) is 86.9 Å². The second-order valence-corrected chi connectivity index (χ2v) is 11.4. The average molecular weight is 562 g/mol. The Morgan fingerprint density at radius 2 is 1.73 bits per heavy atom. The number of halogens is 4. The van der Waals surface area contributed by atoms with Crippen molar-refractivity contribution in [3.8, 4) is 16.9 Å². The van der Waals surface area contributed by atoms with Gasteiger partial charge in [0, 0.05) is 18.7 Å². The molecular weight excluding hydrogens is 526 g/mol. The van der Waals surface area contributed by atoms with Crippen LogP contribution in [0.3, 0.4) is 0 Å². The molecule has 2 aromatic rings. The number of amides is 2. The molecule has 10 heteroatoms. The highest BCUT2D eigenvalue weighted by Gasteiger charge is 2.58. The van der Waals surface area contributed by atoms with Crippen LogP contribution in [0, 0.1) is 17.2 Å². The quantitative estimate of drug-likeness (QED) is 0.438.